The van der Waals surface area contributed by atoms with Crippen molar-refractivity contribution < 1.29 is 23.2 Å². The number of carbonyl (C=O) groups is 2. The summed E-state index contributed by atoms with van der Waals surface area (Å²) in [4.78, 5) is 23.1. The van der Waals surface area contributed by atoms with Gasteiger partial charge in [0.1, 0.15) is 12.4 Å². The van der Waals surface area contributed by atoms with Gasteiger partial charge >= 0.3 is 6.09 Å². The number of nitrogens with zero attached hydrogens (tertiary/aromatic N) is 4. The molecule has 2 heterocycles. The fraction of sp³-hybridized carbons (Fsp3) is 0.211. The van der Waals surface area contributed by atoms with Crippen LogP contribution in [0.1, 0.15) is 14.6 Å². The number of halogens is 1. The summed E-state index contributed by atoms with van der Waals surface area (Å²) < 4.78 is 33.6. The van der Waals surface area contributed by atoms with Crippen molar-refractivity contribution in [3.63, 3.8) is 0 Å². The molecule has 0 aliphatic rings. The number of hydrogen-bond donors (Lipinski definition) is 3. The Hall–Kier alpha value is -3.86. The van der Waals surface area contributed by atoms with Gasteiger partial charge in [0, 0.05) is 34.5 Å². The van der Waals surface area contributed by atoms with Crippen LogP contribution in [0.25, 0.3) is 11.1 Å². The number of anilines is 2. The van der Waals surface area contributed by atoms with E-state index in [0.29, 0.717) is 29.1 Å². The minimum Gasteiger partial charge on any atom is -0.494 e. The average Bonchev–Trinajstić information content (AvgIpc) is 3.21. The van der Waals surface area contributed by atoms with Crippen LogP contribution in [0.5, 0.6) is 5.75 Å². The van der Waals surface area contributed by atoms with Crippen LogP contribution in [0.3, 0.4) is 0 Å². The Kier molecular flexibility index (Phi) is 5.65. The van der Waals surface area contributed by atoms with E-state index >= 15 is 0 Å². The molecule has 12 heteroatoms. The quantitative estimate of drug-likeness (QED) is 0.475. The number of para-hydroxylation sites is 1. The lowest BCUT2D eigenvalue weighted by molar-refractivity contribution is 0.0958. The second kappa shape index (κ2) is 9.76. The SMILES string of the molecule is [2H]C([2H])([2H])NC(=O)c1nnc(Cl)cc1Nc1cccc(-c2cnn(CCOC(N)=O)c2)c1OC. The first-order chi connectivity index (χ1) is 16.1. The van der Waals surface area contributed by atoms with E-state index in [1.165, 1.54) is 13.2 Å². The number of methoxy groups -OCH3 is 1. The molecule has 0 saturated carbocycles. The van der Waals surface area contributed by atoms with Gasteiger partial charge in [-0.25, -0.2) is 4.79 Å². The van der Waals surface area contributed by atoms with E-state index in [2.05, 4.69) is 20.6 Å². The highest BCUT2D eigenvalue weighted by atomic mass is 35.5. The van der Waals surface area contributed by atoms with Crippen molar-refractivity contribution in [2.75, 3.05) is 26.0 Å². The van der Waals surface area contributed by atoms with Gasteiger partial charge in [0.05, 0.1) is 31.2 Å². The topological polar surface area (TPSA) is 146 Å². The van der Waals surface area contributed by atoms with Gasteiger partial charge in [-0.1, -0.05) is 23.7 Å². The molecule has 3 aromatic rings. The molecule has 2 aromatic heterocycles. The molecule has 0 radical (unpaired) electrons. The number of benzene rings is 1. The molecule has 0 spiro atoms. The Balaban J connectivity index is 1.91. The Labute approximate surface area is 186 Å². The smallest absolute Gasteiger partial charge is 0.404 e. The third-order valence-corrected chi connectivity index (χ3v) is 4.27. The Morgan fingerprint density at radius 3 is 2.90 bits per heavy atom. The second-order valence-electron chi connectivity index (χ2n) is 6.05. The summed E-state index contributed by atoms with van der Waals surface area (Å²) in [7, 11) is 1.47. The average molecular weight is 449 g/mol. The third-order valence-electron chi connectivity index (χ3n) is 4.09. The Morgan fingerprint density at radius 1 is 1.32 bits per heavy atom. The van der Waals surface area contributed by atoms with Crippen LogP contribution in [0.4, 0.5) is 16.2 Å². The maximum absolute atomic E-state index is 12.4. The summed E-state index contributed by atoms with van der Waals surface area (Å²) in [5.74, 6) is -0.549. The summed E-state index contributed by atoms with van der Waals surface area (Å²) in [5, 5.41) is 16.5. The predicted octanol–water partition coefficient (Wildman–Crippen LogP) is 2.20. The zero-order valence-corrected chi connectivity index (χ0v) is 17.0. The molecule has 2 amide bonds. The number of nitrogens with one attached hydrogen (secondary N) is 2. The van der Waals surface area contributed by atoms with Crippen molar-refractivity contribution in [3.05, 3.63) is 47.5 Å². The molecule has 11 nitrogen and oxygen atoms in total. The second-order valence-corrected chi connectivity index (χ2v) is 6.44. The van der Waals surface area contributed by atoms with Gasteiger partial charge in [-0.2, -0.15) is 5.10 Å². The maximum atomic E-state index is 12.4. The molecule has 3 rings (SSSR count). The van der Waals surface area contributed by atoms with Crippen LogP contribution >= 0.6 is 11.6 Å². The van der Waals surface area contributed by atoms with Crippen LogP contribution in [0.2, 0.25) is 5.15 Å². The van der Waals surface area contributed by atoms with Gasteiger partial charge in [-0.05, 0) is 6.07 Å². The van der Waals surface area contributed by atoms with Gasteiger partial charge in [-0.15, -0.1) is 10.2 Å². The maximum Gasteiger partial charge on any atom is 0.404 e. The lowest BCUT2D eigenvalue weighted by Gasteiger charge is -2.16. The van der Waals surface area contributed by atoms with Crippen molar-refractivity contribution in [2.24, 2.45) is 5.73 Å². The third kappa shape index (κ3) is 5.20. The molecule has 0 saturated heterocycles. The van der Waals surface area contributed by atoms with Gasteiger partial charge in [-0.3, -0.25) is 9.48 Å². The molecule has 162 valence electrons. The van der Waals surface area contributed by atoms with E-state index in [4.69, 9.17) is 30.9 Å². The summed E-state index contributed by atoms with van der Waals surface area (Å²) >= 11 is 5.95. The molecule has 0 unspecified atom stereocenters. The molecule has 31 heavy (non-hydrogen) atoms. The zero-order valence-electron chi connectivity index (χ0n) is 19.3. The first kappa shape index (κ1) is 18.0. The molecule has 0 atom stereocenters. The molecule has 0 fully saturated rings. The lowest BCUT2D eigenvalue weighted by Crippen LogP contribution is -2.21. The number of carbonyl (C=O) groups excluding carboxylic acids is 2. The molecule has 1 aromatic carbocycles. The fourth-order valence-corrected chi connectivity index (χ4v) is 2.93. The summed E-state index contributed by atoms with van der Waals surface area (Å²) in [6, 6.07) is 6.57. The van der Waals surface area contributed by atoms with Crippen molar-refractivity contribution >= 4 is 35.0 Å². The van der Waals surface area contributed by atoms with Crippen molar-refractivity contribution in [1.29, 1.82) is 0 Å². The number of primary amides is 1. The van der Waals surface area contributed by atoms with Gasteiger partial charge in [0.25, 0.3) is 5.91 Å². The van der Waals surface area contributed by atoms with E-state index in [1.807, 2.05) is 5.32 Å². The number of ether oxygens (including phenoxy) is 2. The van der Waals surface area contributed by atoms with E-state index in [-0.39, 0.29) is 23.1 Å². The van der Waals surface area contributed by atoms with E-state index in [1.54, 1.807) is 35.3 Å². The summed E-state index contributed by atoms with van der Waals surface area (Å²) in [5.41, 5.74) is 6.61. The highest BCUT2D eigenvalue weighted by molar-refractivity contribution is 6.29. The van der Waals surface area contributed by atoms with E-state index in [0.717, 1.165) is 0 Å². The largest absolute Gasteiger partial charge is 0.494 e. The van der Waals surface area contributed by atoms with Crippen molar-refractivity contribution in [2.45, 2.75) is 6.54 Å². The van der Waals surface area contributed by atoms with Crippen LogP contribution < -0.4 is 21.1 Å². The first-order valence-corrected chi connectivity index (χ1v) is 9.20. The van der Waals surface area contributed by atoms with Gasteiger partial charge < -0.3 is 25.8 Å². The molecule has 0 aliphatic heterocycles. The zero-order chi connectivity index (χ0) is 24.9. The Morgan fingerprint density at radius 2 is 2.16 bits per heavy atom. The van der Waals surface area contributed by atoms with Crippen LogP contribution in [0, 0.1) is 0 Å². The van der Waals surface area contributed by atoms with Crippen LogP contribution in [0.15, 0.2) is 36.7 Å². The van der Waals surface area contributed by atoms with Crippen molar-refractivity contribution in [1.82, 2.24) is 25.3 Å². The number of aromatic nitrogens is 4. The van der Waals surface area contributed by atoms with E-state index < -0.39 is 19.0 Å². The monoisotopic (exact) mass is 448 g/mol. The summed E-state index contributed by atoms with van der Waals surface area (Å²) in [6.07, 6.45) is 2.46. The number of hydrogen-bond acceptors (Lipinski definition) is 8. The van der Waals surface area contributed by atoms with Crippen LogP contribution in [-0.4, -0.2) is 52.7 Å². The van der Waals surface area contributed by atoms with Gasteiger partial charge in [0.2, 0.25) is 0 Å². The molecular formula is C19H20ClN7O4. The Bertz CT molecular complexity index is 1200. The highest BCUT2D eigenvalue weighted by Gasteiger charge is 2.18. The number of rotatable bonds is 8. The summed E-state index contributed by atoms with van der Waals surface area (Å²) in [6.45, 7) is -2.35. The highest BCUT2D eigenvalue weighted by Crippen LogP contribution is 2.38. The van der Waals surface area contributed by atoms with Crippen LogP contribution in [-0.2, 0) is 11.3 Å². The van der Waals surface area contributed by atoms with E-state index in [9.17, 15) is 9.59 Å². The minimum absolute atomic E-state index is 0.0116. The van der Waals surface area contributed by atoms with Gasteiger partial charge in [0.15, 0.2) is 10.8 Å². The molecule has 0 bridgehead atoms. The molecular weight excluding hydrogens is 426 g/mol. The normalized spacial score (nSPS) is 12.3. The fourth-order valence-electron chi connectivity index (χ4n) is 2.78. The minimum atomic E-state index is -2.71. The lowest BCUT2D eigenvalue weighted by atomic mass is 10.1. The molecule has 0 aliphatic carbocycles. The standard InChI is InChI=1S/C19H20ClN7O4/c1-22-18(28)16-14(8-15(20)25-26-16)24-13-5-3-4-12(17(13)30-2)11-9-23-27(10-11)6-7-31-19(21)29/h3-5,8-10H,6-7H2,1-2H3,(H2,21,29)(H,22,28)(H,24,25)/i1D3. The predicted molar refractivity (Wildman–Crippen MR) is 113 cm³/mol. The number of amides is 2. The molecule has 4 N–H and O–H groups in total. The number of nitrogens with two attached hydrogens (primary N) is 1. The van der Waals surface area contributed by atoms with Crippen molar-refractivity contribution in [3.8, 4) is 16.9 Å². The first-order valence-electron chi connectivity index (χ1n) is 10.3.